The summed E-state index contributed by atoms with van der Waals surface area (Å²) >= 11 is 5.12. The molecular formula is C12H15BrN2O2S. The summed E-state index contributed by atoms with van der Waals surface area (Å²) in [5.74, 6) is 2.55. The minimum atomic E-state index is -0.0548. The molecule has 1 aliphatic heterocycles. The molecule has 1 fully saturated rings. The van der Waals surface area contributed by atoms with Crippen LogP contribution in [-0.2, 0) is 4.79 Å². The van der Waals surface area contributed by atoms with E-state index in [9.17, 15) is 4.79 Å². The zero-order valence-corrected chi connectivity index (χ0v) is 12.2. The van der Waals surface area contributed by atoms with Crippen LogP contribution < -0.4 is 15.4 Å². The first kappa shape index (κ1) is 13.7. The third-order valence-electron chi connectivity index (χ3n) is 2.50. The largest absolute Gasteiger partial charge is 0.492 e. The Hall–Kier alpha value is -0.720. The van der Waals surface area contributed by atoms with E-state index >= 15 is 0 Å². The predicted octanol–water partition coefficient (Wildman–Crippen LogP) is 1.61. The van der Waals surface area contributed by atoms with Crippen LogP contribution in [0.2, 0.25) is 0 Å². The van der Waals surface area contributed by atoms with Gasteiger partial charge in [0.1, 0.15) is 12.4 Å². The van der Waals surface area contributed by atoms with Crippen LogP contribution in [0.25, 0.3) is 0 Å². The molecule has 1 saturated heterocycles. The maximum Gasteiger partial charge on any atom is 0.238 e. The second kappa shape index (κ2) is 7.01. The maximum atomic E-state index is 11.7. The summed E-state index contributed by atoms with van der Waals surface area (Å²) in [5.41, 5.74) is 0. The number of hydrogen-bond acceptors (Lipinski definition) is 4. The molecule has 18 heavy (non-hydrogen) atoms. The molecule has 1 amide bonds. The molecule has 1 aromatic rings. The molecule has 0 radical (unpaired) electrons. The van der Waals surface area contributed by atoms with Crippen molar-refractivity contribution in [3.05, 3.63) is 28.7 Å². The van der Waals surface area contributed by atoms with Crippen molar-refractivity contribution in [2.75, 3.05) is 24.8 Å². The average Bonchev–Trinajstić information content (AvgIpc) is 2.88. The number of nitrogens with one attached hydrogen (secondary N) is 2. The summed E-state index contributed by atoms with van der Waals surface area (Å²) in [6.45, 7) is 0.996. The fraction of sp³-hybridized carbons (Fsp3) is 0.417. The number of hydrogen-bond donors (Lipinski definition) is 2. The molecule has 0 spiro atoms. The van der Waals surface area contributed by atoms with Crippen LogP contribution in [0.15, 0.2) is 28.7 Å². The van der Waals surface area contributed by atoms with Crippen molar-refractivity contribution in [3.63, 3.8) is 0 Å². The Balaban J connectivity index is 1.65. The molecule has 0 unspecified atom stereocenters. The molecule has 0 bridgehead atoms. The monoisotopic (exact) mass is 330 g/mol. The van der Waals surface area contributed by atoms with Crippen LogP contribution in [0, 0.1) is 0 Å². The van der Waals surface area contributed by atoms with E-state index < -0.39 is 0 Å². The summed E-state index contributed by atoms with van der Waals surface area (Å²) < 4.78 is 6.51. The van der Waals surface area contributed by atoms with Crippen molar-refractivity contribution in [2.24, 2.45) is 0 Å². The number of ether oxygens (including phenoxy) is 1. The van der Waals surface area contributed by atoms with E-state index in [1.54, 1.807) is 11.8 Å². The second-order valence-corrected chi connectivity index (χ2v) is 5.81. The van der Waals surface area contributed by atoms with E-state index in [0.29, 0.717) is 13.2 Å². The highest BCUT2D eigenvalue weighted by Crippen LogP contribution is 2.17. The standard InChI is InChI=1S/C12H15BrN2O2S/c13-9-2-1-3-10(6-9)17-5-4-14-12(16)11-7-18-8-15-11/h1-3,6,11,15H,4-5,7-8H2,(H,14,16)/t11-/m1/s1. The SMILES string of the molecule is O=C(NCCOc1cccc(Br)c1)[C@H]1CSCN1. The fourth-order valence-electron chi connectivity index (χ4n) is 1.59. The van der Waals surface area contributed by atoms with Crippen LogP contribution in [-0.4, -0.2) is 36.7 Å². The van der Waals surface area contributed by atoms with E-state index in [0.717, 1.165) is 21.9 Å². The van der Waals surface area contributed by atoms with Gasteiger partial charge in [0, 0.05) is 16.1 Å². The molecule has 0 saturated carbocycles. The second-order valence-electron chi connectivity index (χ2n) is 3.87. The smallest absolute Gasteiger partial charge is 0.238 e. The van der Waals surface area contributed by atoms with Crippen LogP contribution in [0.1, 0.15) is 0 Å². The molecule has 4 nitrogen and oxygen atoms in total. The van der Waals surface area contributed by atoms with Crippen LogP contribution >= 0.6 is 27.7 Å². The predicted molar refractivity (Wildman–Crippen MR) is 76.9 cm³/mol. The maximum absolute atomic E-state index is 11.7. The Bertz CT molecular complexity index is 411. The lowest BCUT2D eigenvalue weighted by molar-refractivity contribution is -0.122. The van der Waals surface area contributed by atoms with Crippen molar-refractivity contribution < 1.29 is 9.53 Å². The number of carbonyl (C=O) groups excluding carboxylic acids is 1. The van der Waals surface area contributed by atoms with Gasteiger partial charge in [0.05, 0.1) is 12.6 Å². The van der Waals surface area contributed by atoms with Gasteiger partial charge >= 0.3 is 0 Å². The van der Waals surface area contributed by atoms with E-state index in [1.807, 2.05) is 24.3 Å². The van der Waals surface area contributed by atoms with Crippen molar-refractivity contribution in [1.29, 1.82) is 0 Å². The molecule has 6 heteroatoms. The van der Waals surface area contributed by atoms with Crippen molar-refractivity contribution in [2.45, 2.75) is 6.04 Å². The number of halogens is 1. The summed E-state index contributed by atoms with van der Waals surface area (Å²) in [6, 6.07) is 7.59. The molecule has 98 valence electrons. The van der Waals surface area contributed by atoms with E-state index in [4.69, 9.17) is 4.74 Å². The molecular weight excluding hydrogens is 316 g/mol. The quantitative estimate of drug-likeness (QED) is 0.805. The van der Waals surface area contributed by atoms with Gasteiger partial charge in [0.2, 0.25) is 5.91 Å². The zero-order chi connectivity index (χ0) is 12.8. The topological polar surface area (TPSA) is 50.4 Å². The highest BCUT2D eigenvalue weighted by molar-refractivity contribution is 9.10. The molecule has 1 aromatic carbocycles. The zero-order valence-electron chi connectivity index (χ0n) is 9.82. The lowest BCUT2D eigenvalue weighted by Gasteiger charge is -2.11. The summed E-state index contributed by atoms with van der Waals surface area (Å²) in [4.78, 5) is 11.7. The Morgan fingerprint density at radius 1 is 1.61 bits per heavy atom. The Morgan fingerprint density at radius 3 is 3.22 bits per heavy atom. The van der Waals surface area contributed by atoms with E-state index in [1.165, 1.54) is 0 Å². The first-order chi connectivity index (χ1) is 8.75. The first-order valence-corrected chi connectivity index (χ1v) is 7.68. The Labute approximate surface area is 119 Å². The summed E-state index contributed by atoms with van der Waals surface area (Å²) in [6.07, 6.45) is 0. The number of benzene rings is 1. The number of amides is 1. The Morgan fingerprint density at radius 2 is 2.50 bits per heavy atom. The van der Waals surface area contributed by atoms with Gasteiger partial charge < -0.3 is 10.1 Å². The van der Waals surface area contributed by atoms with Gasteiger partial charge in [-0.15, -0.1) is 11.8 Å². The summed E-state index contributed by atoms with van der Waals surface area (Å²) in [5, 5.41) is 5.98. The van der Waals surface area contributed by atoms with E-state index in [-0.39, 0.29) is 11.9 Å². The van der Waals surface area contributed by atoms with Gasteiger partial charge in [-0.3, -0.25) is 10.1 Å². The van der Waals surface area contributed by atoms with Gasteiger partial charge in [-0.1, -0.05) is 22.0 Å². The minimum absolute atomic E-state index is 0.0536. The molecule has 2 N–H and O–H groups in total. The lowest BCUT2D eigenvalue weighted by atomic mass is 10.3. The van der Waals surface area contributed by atoms with E-state index in [2.05, 4.69) is 26.6 Å². The van der Waals surface area contributed by atoms with Gasteiger partial charge in [0.25, 0.3) is 0 Å². The highest BCUT2D eigenvalue weighted by Gasteiger charge is 2.21. The molecule has 1 heterocycles. The van der Waals surface area contributed by atoms with Crippen molar-refractivity contribution in [1.82, 2.24) is 10.6 Å². The third-order valence-corrected chi connectivity index (χ3v) is 3.93. The number of carbonyl (C=O) groups is 1. The molecule has 2 rings (SSSR count). The van der Waals surface area contributed by atoms with Crippen molar-refractivity contribution >= 4 is 33.6 Å². The molecule has 1 aliphatic rings. The molecule has 1 atom stereocenters. The van der Waals surface area contributed by atoms with Crippen LogP contribution in [0.4, 0.5) is 0 Å². The van der Waals surface area contributed by atoms with Gasteiger partial charge in [-0.2, -0.15) is 0 Å². The number of rotatable bonds is 5. The fourth-order valence-corrected chi connectivity index (χ4v) is 2.91. The molecule has 0 aromatic heterocycles. The third kappa shape index (κ3) is 4.19. The highest BCUT2D eigenvalue weighted by atomic mass is 79.9. The van der Waals surface area contributed by atoms with Gasteiger partial charge in [-0.25, -0.2) is 0 Å². The first-order valence-electron chi connectivity index (χ1n) is 5.73. The molecule has 0 aliphatic carbocycles. The van der Waals surface area contributed by atoms with Crippen LogP contribution in [0.3, 0.4) is 0 Å². The minimum Gasteiger partial charge on any atom is -0.492 e. The average molecular weight is 331 g/mol. The van der Waals surface area contributed by atoms with Gasteiger partial charge in [-0.05, 0) is 18.2 Å². The lowest BCUT2D eigenvalue weighted by Crippen LogP contribution is -2.43. The van der Waals surface area contributed by atoms with Gasteiger partial charge in [0.15, 0.2) is 0 Å². The Kier molecular flexibility index (Phi) is 5.34. The van der Waals surface area contributed by atoms with Crippen molar-refractivity contribution in [3.8, 4) is 5.75 Å². The summed E-state index contributed by atoms with van der Waals surface area (Å²) in [7, 11) is 0. The normalized spacial score (nSPS) is 18.6. The van der Waals surface area contributed by atoms with Crippen LogP contribution in [0.5, 0.6) is 5.75 Å². The number of thioether (sulfide) groups is 1.